The summed E-state index contributed by atoms with van der Waals surface area (Å²) in [5, 5.41) is 0. The van der Waals surface area contributed by atoms with E-state index in [4.69, 9.17) is 9.05 Å². The molecule has 0 N–H and O–H groups in total. The summed E-state index contributed by atoms with van der Waals surface area (Å²) in [7, 11) is -2.66. The van der Waals surface area contributed by atoms with Crippen molar-refractivity contribution in [3.05, 3.63) is 0 Å². The molecule has 0 heterocycles. The van der Waals surface area contributed by atoms with Crippen molar-refractivity contribution in [2.24, 2.45) is 0 Å². The topological polar surface area (TPSA) is 72.9 Å². The lowest BCUT2D eigenvalue weighted by Gasteiger charge is -2.20. The molecule has 0 aliphatic heterocycles. The van der Waals surface area contributed by atoms with E-state index in [1.807, 2.05) is 13.8 Å². The first-order valence-electron chi connectivity index (χ1n) is 8.20. The van der Waals surface area contributed by atoms with Gasteiger partial charge in [-0.2, -0.15) is 0 Å². The normalized spacial score (nSPS) is 12.1. The Kier molecular flexibility index (Phi) is 16.4. The highest BCUT2D eigenvalue weighted by molar-refractivity contribution is 8.55. The first-order chi connectivity index (χ1) is 10.7. The summed E-state index contributed by atoms with van der Waals surface area (Å²) < 4.78 is 43.2. The molecule has 0 aromatic rings. The fourth-order valence-electron chi connectivity index (χ4n) is 1.45. The van der Waals surface area contributed by atoms with Crippen LogP contribution in [0.5, 0.6) is 0 Å². The number of hydrogen-bond donors (Lipinski definition) is 0. The Balaban J connectivity index is 0. The molecular weight excluding hydrogens is 357 g/mol. The fourth-order valence-corrected chi connectivity index (χ4v) is 5.28. The van der Waals surface area contributed by atoms with E-state index in [1.165, 1.54) is 11.4 Å². The van der Waals surface area contributed by atoms with Crippen LogP contribution >= 0.6 is 18.2 Å². The molecule has 0 spiro atoms. The molecule has 0 aliphatic rings. The Morgan fingerprint density at radius 3 is 1.61 bits per heavy atom. The molecule has 0 fully saturated rings. The third-order valence-corrected chi connectivity index (χ3v) is 8.72. The molecule has 0 saturated heterocycles. The highest BCUT2D eigenvalue weighted by Crippen LogP contribution is 2.60. The second-order valence-corrected chi connectivity index (χ2v) is 11.3. The molecule has 0 aromatic heterocycles. The van der Waals surface area contributed by atoms with Gasteiger partial charge in [-0.25, -0.2) is 13.0 Å². The molecule has 23 heavy (non-hydrogen) atoms. The first-order valence-corrected chi connectivity index (χ1v) is 13.2. The van der Waals surface area contributed by atoms with Crippen LogP contribution in [0.4, 0.5) is 0 Å². The van der Waals surface area contributed by atoms with Crippen LogP contribution in [0, 0.1) is 0 Å². The number of sulfone groups is 1. The smallest absolute Gasteiger partial charge is 0.303 e. The van der Waals surface area contributed by atoms with E-state index in [0.29, 0.717) is 13.2 Å². The third kappa shape index (κ3) is 14.5. The number of nitrogens with zero attached hydrogens (tertiary/aromatic N) is 1. The predicted octanol–water partition coefficient (Wildman–Crippen LogP) is 3.68. The minimum atomic E-state index is -2.91. The predicted molar refractivity (Wildman–Crippen MR) is 101 cm³/mol. The lowest BCUT2D eigenvalue weighted by molar-refractivity contribution is 0.236. The van der Waals surface area contributed by atoms with Gasteiger partial charge < -0.3 is 13.9 Å². The molecule has 0 atom stereocenters. The zero-order valence-electron chi connectivity index (χ0n) is 15.4. The summed E-state index contributed by atoms with van der Waals surface area (Å²) in [6, 6.07) is 0. The summed E-state index contributed by atoms with van der Waals surface area (Å²) in [5.41, 5.74) is 0. The Hall–Kier alpha value is 0.410. The number of rotatable bonds is 12. The Bertz CT molecular complexity index is 393. The van der Waals surface area contributed by atoms with E-state index in [9.17, 15) is 13.0 Å². The molecule has 0 saturated carbocycles. The van der Waals surface area contributed by atoms with Gasteiger partial charge in [0.2, 0.25) is 0 Å². The van der Waals surface area contributed by atoms with Crippen molar-refractivity contribution < 1.29 is 22.0 Å². The molecule has 142 valence electrons. The van der Waals surface area contributed by atoms with Gasteiger partial charge in [0.25, 0.3) is 0 Å². The van der Waals surface area contributed by atoms with Crippen molar-refractivity contribution >= 4 is 28.0 Å². The van der Waals surface area contributed by atoms with E-state index in [-0.39, 0.29) is 11.5 Å². The van der Waals surface area contributed by atoms with Crippen LogP contribution in [-0.2, 0) is 23.4 Å². The van der Waals surface area contributed by atoms with Gasteiger partial charge in [-0.05, 0) is 38.3 Å². The van der Waals surface area contributed by atoms with Crippen LogP contribution in [0.1, 0.15) is 41.5 Å². The van der Waals surface area contributed by atoms with E-state index >= 15 is 0 Å². The summed E-state index contributed by atoms with van der Waals surface area (Å²) in [6.07, 6.45) is 0. The van der Waals surface area contributed by atoms with E-state index in [0.717, 1.165) is 25.4 Å². The van der Waals surface area contributed by atoms with Gasteiger partial charge >= 0.3 is 6.80 Å². The highest BCUT2D eigenvalue weighted by atomic mass is 32.7. The van der Waals surface area contributed by atoms with Crippen LogP contribution in [0.25, 0.3) is 0 Å². The molecule has 0 radical (unpaired) electrons. The van der Waals surface area contributed by atoms with Crippen LogP contribution in [0.3, 0.4) is 0 Å². The zero-order valence-corrected chi connectivity index (χ0v) is 17.9. The van der Waals surface area contributed by atoms with Crippen LogP contribution in [-0.4, -0.2) is 63.4 Å². The van der Waals surface area contributed by atoms with Gasteiger partial charge in [-0.3, -0.25) is 0 Å². The molecule has 0 bridgehead atoms. The van der Waals surface area contributed by atoms with Crippen molar-refractivity contribution in [2.45, 2.75) is 41.5 Å². The van der Waals surface area contributed by atoms with Crippen LogP contribution in [0.15, 0.2) is 0 Å². The molecule has 0 aromatic carbocycles. The summed E-state index contributed by atoms with van der Waals surface area (Å²) in [6.45, 7) is 12.1. The lowest BCUT2D eigenvalue weighted by Crippen LogP contribution is -2.25. The van der Waals surface area contributed by atoms with Crippen LogP contribution in [0.2, 0.25) is 0 Å². The third-order valence-electron chi connectivity index (χ3n) is 3.01. The second kappa shape index (κ2) is 14.7. The average Bonchev–Trinajstić information content (AvgIpc) is 2.53. The molecule has 9 heteroatoms. The maximum Gasteiger partial charge on any atom is 0.389 e. The molecular formula is C14H34NO5PS2. The molecule has 0 amide bonds. The van der Waals surface area contributed by atoms with Crippen molar-refractivity contribution in [2.75, 3.05) is 50.1 Å². The van der Waals surface area contributed by atoms with E-state index in [1.54, 1.807) is 13.8 Å². The lowest BCUT2D eigenvalue weighted by atomic mass is 10.5. The molecule has 6 nitrogen and oxygen atoms in total. The van der Waals surface area contributed by atoms with Gasteiger partial charge in [0.15, 0.2) is 0 Å². The Labute approximate surface area is 146 Å². The zero-order chi connectivity index (χ0) is 18.4. The van der Waals surface area contributed by atoms with Crippen molar-refractivity contribution in [1.82, 2.24) is 4.90 Å². The van der Waals surface area contributed by atoms with E-state index in [2.05, 4.69) is 18.7 Å². The Morgan fingerprint density at radius 2 is 1.35 bits per heavy atom. The minimum Gasteiger partial charge on any atom is -0.303 e. The maximum absolute atomic E-state index is 12.1. The molecule has 0 rings (SSSR count). The monoisotopic (exact) mass is 391 g/mol. The largest absolute Gasteiger partial charge is 0.389 e. The van der Waals surface area contributed by atoms with Gasteiger partial charge in [0.1, 0.15) is 9.84 Å². The van der Waals surface area contributed by atoms with E-state index < -0.39 is 16.6 Å². The SMILES string of the molecule is CCOP(=O)(OCC)SCCN(CC)CC.CCS(=O)(=O)CC. The van der Waals surface area contributed by atoms with Crippen LogP contribution < -0.4 is 0 Å². The van der Waals surface area contributed by atoms with Crippen molar-refractivity contribution in [3.63, 3.8) is 0 Å². The summed E-state index contributed by atoms with van der Waals surface area (Å²) in [5.74, 6) is 1.31. The average molecular weight is 392 g/mol. The van der Waals surface area contributed by atoms with Gasteiger partial charge in [0, 0.05) is 23.8 Å². The quantitative estimate of drug-likeness (QED) is 0.470. The fraction of sp³-hybridized carbons (Fsp3) is 1.00. The van der Waals surface area contributed by atoms with Crippen molar-refractivity contribution in [3.8, 4) is 0 Å². The highest BCUT2D eigenvalue weighted by Gasteiger charge is 2.24. The van der Waals surface area contributed by atoms with Gasteiger partial charge in [0.05, 0.1) is 13.2 Å². The first kappa shape index (κ1) is 25.6. The minimum absolute atomic E-state index is 0.267. The molecule has 0 unspecified atom stereocenters. The van der Waals surface area contributed by atoms with Gasteiger partial charge in [-0.15, -0.1) is 0 Å². The van der Waals surface area contributed by atoms with Crippen molar-refractivity contribution in [1.29, 1.82) is 0 Å². The standard InChI is InChI=1S/C10H24NO3PS.C4H10O2S/c1-5-11(6-2)9-10-16-15(12,13-7-3)14-8-4;1-3-7(5,6)4-2/h5-10H2,1-4H3;3-4H2,1-2H3. The summed E-state index contributed by atoms with van der Waals surface area (Å²) >= 11 is 1.30. The maximum atomic E-state index is 12.1. The van der Waals surface area contributed by atoms with Gasteiger partial charge in [-0.1, -0.05) is 27.7 Å². The molecule has 0 aliphatic carbocycles. The second-order valence-electron chi connectivity index (χ2n) is 4.46. The summed E-state index contributed by atoms with van der Waals surface area (Å²) in [4.78, 5) is 2.29. The Morgan fingerprint density at radius 1 is 0.913 bits per heavy atom. The number of hydrogen-bond acceptors (Lipinski definition) is 7.